The van der Waals surface area contributed by atoms with Crippen LogP contribution in [0.3, 0.4) is 0 Å². The van der Waals surface area contributed by atoms with E-state index in [1.807, 2.05) is 36.5 Å². The van der Waals surface area contributed by atoms with E-state index in [1.165, 1.54) is 6.92 Å². The number of hydrogen-bond acceptors (Lipinski definition) is 5. The molecular formula is C14H14N4O. The minimum Gasteiger partial charge on any atom is -0.329 e. The van der Waals surface area contributed by atoms with Crippen LogP contribution < -0.4 is 10.6 Å². The first-order valence-corrected chi connectivity index (χ1v) is 5.90. The average Bonchev–Trinajstić information content (AvgIpc) is 2.39. The standard InChI is InChI=1S/C14H14N4O/c1-9-12(10(2)19)13(11-6-4-3-5-7-11)18-14(17-9)16-8-15/h3-7,13H,1-2H3,(H2,16,17,18)/t13-/m1/s1. The minimum absolute atomic E-state index is 0.0291. The summed E-state index contributed by atoms with van der Waals surface area (Å²) in [6.07, 6.45) is 1.82. The molecule has 5 nitrogen and oxygen atoms in total. The average molecular weight is 254 g/mol. The van der Waals surface area contributed by atoms with Crippen molar-refractivity contribution in [1.29, 1.82) is 5.26 Å². The molecule has 0 spiro atoms. The number of aliphatic imine (C=N–C) groups is 1. The molecule has 0 bridgehead atoms. The van der Waals surface area contributed by atoms with Gasteiger partial charge in [-0.05, 0) is 19.4 Å². The van der Waals surface area contributed by atoms with E-state index in [0.717, 1.165) is 5.56 Å². The number of allylic oxidation sites excluding steroid dienone is 1. The molecule has 19 heavy (non-hydrogen) atoms. The number of ketones is 1. The first-order valence-electron chi connectivity index (χ1n) is 5.90. The van der Waals surface area contributed by atoms with E-state index < -0.39 is 0 Å². The van der Waals surface area contributed by atoms with Crippen molar-refractivity contribution in [2.75, 3.05) is 0 Å². The zero-order valence-corrected chi connectivity index (χ0v) is 10.8. The Balaban J connectivity index is 2.47. The maximum absolute atomic E-state index is 11.8. The predicted molar refractivity (Wildman–Crippen MR) is 71.9 cm³/mol. The first-order chi connectivity index (χ1) is 9.13. The van der Waals surface area contributed by atoms with Gasteiger partial charge in [-0.15, -0.1) is 0 Å². The summed E-state index contributed by atoms with van der Waals surface area (Å²) in [5.41, 5.74) is 2.26. The highest BCUT2D eigenvalue weighted by molar-refractivity contribution is 5.98. The van der Waals surface area contributed by atoms with E-state index in [0.29, 0.717) is 17.2 Å². The smallest absolute Gasteiger partial charge is 0.209 e. The molecule has 96 valence electrons. The molecule has 1 aromatic carbocycles. The van der Waals surface area contributed by atoms with Gasteiger partial charge in [-0.2, -0.15) is 5.26 Å². The summed E-state index contributed by atoms with van der Waals surface area (Å²) in [5.74, 6) is 0.331. The van der Waals surface area contributed by atoms with Crippen LogP contribution in [0, 0.1) is 11.5 Å². The summed E-state index contributed by atoms with van der Waals surface area (Å²) in [5, 5.41) is 14.1. The van der Waals surface area contributed by atoms with E-state index in [4.69, 9.17) is 5.26 Å². The second kappa shape index (κ2) is 5.36. The van der Waals surface area contributed by atoms with Crippen LogP contribution in [-0.4, -0.2) is 11.7 Å². The van der Waals surface area contributed by atoms with Crippen molar-refractivity contribution < 1.29 is 4.79 Å². The van der Waals surface area contributed by atoms with E-state index in [1.54, 1.807) is 6.92 Å². The minimum atomic E-state index is -0.379. The van der Waals surface area contributed by atoms with Gasteiger partial charge in [0, 0.05) is 11.3 Å². The Bertz CT molecular complexity index is 596. The fourth-order valence-corrected chi connectivity index (χ4v) is 2.13. The van der Waals surface area contributed by atoms with Crippen LogP contribution in [0.1, 0.15) is 25.5 Å². The van der Waals surface area contributed by atoms with Crippen LogP contribution in [0.15, 0.2) is 46.6 Å². The van der Waals surface area contributed by atoms with Crippen LogP contribution in [0.2, 0.25) is 0 Å². The van der Waals surface area contributed by atoms with Crippen molar-refractivity contribution in [3.8, 4) is 6.19 Å². The number of carbonyl (C=O) groups excluding carboxylic acids is 1. The third-order valence-electron chi connectivity index (χ3n) is 2.91. The van der Waals surface area contributed by atoms with Crippen LogP contribution in [0.5, 0.6) is 0 Å². The Morgan fingerprint density at radius 1 is 1.42 bits per heavy atom. The summed E-state index contributed by atoms with van der Waals surface area (Å²) in [4.78, 5) is 16.2. The van der Waals surface area contributed by atoms with E-state index in [2.05, 4.69) is 15.6 Å². The Kier molecular flexibility index (Phi) is 3.62. The van der Waals surface area contributed by atoms with Crippen molar-refractivity contribution in [2.45, 2.75) is 19.9 Å². The second-order valence-electron chi connectivity index (χ2n) is 4.25. The molecule has 0 radical (unpaired) electrons. The molecule has 0 saturated carbocycles. The Morgan fingerprint density at radius 2 is 2.11 bits per heavy atom. The maximum Gasteiger partial charge on any atom is 0.209 e. The number of rotatable bonds is 2. The Morgan fingerprint density at radius 3 is 2.68 bits per heavy atom. The van der Waals surface area contributed by atoms with Crippen LogP contribution in [0.25, 0.3) is 0 Å². The first kappa shape index (κ1) is 12.8. The topological polar surface area (TPSA) is 77.3 Å². The third-order valence-corrected chi connectivity index (χ3v) is 2.91. The molecule has 2 N–H and O–H groups in total. The highest BCUT2D eigenvalue weighted by Crippen LogP contribution is 2.30. The number of nitrogens with zero attached hydrogens (tertiary/aromatic N) is 2. The third kappa shape index (κ3) is 2.63. The summed E-state index contributed by atoms with van der Waals surface area (Å²) >= 11 is 0. The number of carbonyl (C=O) groups is 1. The molecule has 1 atom stereocenters. The SMILES string of the molecule is CC(=O)C1=C(C)NC(NC#N)=N[C@@H]1c1ccccc1. The van der Waals surface area contributed by atoms with Gasteiger partial charge in [0.05, 0.1) is 0 Å². The molecule has 0 aromatic heterocycles. The van der Waals surface area contributed by atoms with Gasteiger partial charge in [0.15, 0.2) is 12.0 Å². The van der Waals surface area contributed by atoms with Gasteiger partial charge in [-0.25, -0.2) is 4.99 Å². The summed E-state index contributed by atoms with van der Waals surface area (Å²) in [7, 11) is 0. The molecule has 0 fully saturated rings. The largest absolute Gasteiger partial charge is 0.329 e. The highest BCUT2D eigenvalue weighted by Gasteiger charge is 2.26. The number of guanidine groups is 1. The molecular weight excluding hydrogens is 240 g/mol. The van der Waals surface area contributed by atoms with Crippen LogP contribution in [0.4, 0.5) is 0 Å². The fourth-order valence-electron chi connectivity index (χ4n) is 2.13. The van der Waals surface area contributed by atoms with E-state index >= 15 is 0 Å². The molecule has 0 amide bonds. The summed E-state index contributed by atoms with van der Waals surface area (Å²) in [6.45, 7) is 3.33. The molecule has 1 heterocycles. The molecule has 1 aliphatic rings. The van der Waals surface area contributed by atoms with Crippen LogP contribution >= 0.6 is 0 Å². The summed E-state index contributed by atoms with van der Waals surface area (Å²) in [6, 6.07) is 9.16. The number of hydrogen-bond donors (Lipinski definition) is 2. The van der Waals surface area contributed by atoms with E-state index in [9.17, 15) is 4.79 Å². The van der Waals surface area contributed by atoms with E-state index in [-0.39, 0.29) is 11.8 Å². The molecule has 5 heteroatoms. The normalized spacial score (nSPS) is 18.2. The second-order valence-corrected chi connectivity index (χ2v) is 4.25. The van der Waals surface area contributed by atoms with Crippen molar-refractivity contribution in [3.05, 3.63) is 47.2 Å². The molecule has 1 aliphatic heterocycles. The van der Waals surface area contributed by atoms with Crippen molar-refractivity contribution in [3.63, 3.8) is 0 Å². The molecule has 0 saturated heterocycles. The van der Waals surface area contributed by atoms with Crippen molar-refractivity contribution in [2.24, 2.45) is 4.99 Å². The number of benzene rings is 1. The molecule has 0 unspecified atom stereocenters. The summed E-state index contributed by atoms with van der Waals surface area (Å²) < 4.78 is 0. The van der Waals surface area contributed by atoms with Gasteiger partial charge < -0.3 is 5.32 Å². The van der Waals surface area contributed by atoms with Crippen molar-refractivity contribution in [1.82, 2.24) is 10.6 Å². The van der Waals surface area contributed by atoms with Crippen LogP contribution in [-0.2, 0) is 4.79 Å². The zero-order valence-electron chi connectivity index (χ0n) is 10.8. The van der Waals surface area contributed by atoms with Gasteiger partial charge in [0.1, 0.15) is 6.04 Å². The predicted octanol–water partition coefficient (Wildman–Crippen LogP) is 1.62. The lowest BCUT2D eigenvalue weighted by atomic mass is 9.94. The lowest BCUT2D eigenvalue weighted by Crippen LogP contribution is -2.38. The number of nitrogens with one attached hydrogen (secondary N) is 2. The zero-order chi connectivity index (χ0) is 13.8. The maximum atomic E-state index is 11.8. The molecule has 0 aliphatic carbocycles. The van der Waals surface area contributed by atoms with Crippen molar-refractivity contribution >= 4 is 11.7 Å². The van der Waals surface area contributed by atoms with Gasteiger partial charge >= 0.3 is 0 Å². The highest BCUT2D eigenvalue weighted by atomic mass is 16.1. The number of nitriles is 1. The van der Waals surface area contributed by atoms with Gasteiger partial charge in [0.2, 0.25) is 5.96 Å². The quantitative estimate of drug-likeness (QED) is 0.621. The Labute approximate surface area is 111 Å². The van der Waals surface area contributed by atoms with Gasteiger partial charge in [-0.3, -0.25) is 10.1 Å². The van der Waals surface area contributed by atoms with Gasteiger partial charge in [0.25, 0.3) is 0 Å². The Hall–Kier alpha value is -2.61. The lowest BCUT2D eigenvalue weighted by Gasteiger charge is -2.25. The monoisotopic (exact) mass is 254 g/mol. The molecule has 1 aromatic rings. The number of Topliss-reactive ketones (excluding diaryl/α,β-unsaturated/α-hetero) is 1. The fraction of sp³-hybridized carbons (Fsp3) is 0.214. The molecule has 2 rings (SSSR count). The van der Waals surface area contributed by atoms with Gasteiger partial charge in [-0.1, -0.05) is 30.3 Å². The lowest BCUT2D eigenvalue weighted by molar-refractivity contribution is -0.113.